The number of unbranched alkanes of at least 4 members (excludes halogenated alkanes) is 1. The molecule has 0 bridgehead atoms. The minimum Gasteiger partial charge on any atom is -0.458 e. The molecule has 0 atom stereocenters. The first-order valence-electron chi connectivity index (χ1n) is 5.65. The Morgan fingerprint density at radius 3 is 2.76 bits per heavy atom. The first-order chi connectivity index (χ1) is 8.22. The largest absolute Gasteiger partial charge is 0.458 e. The van der Waals surface area contributed by atoms with Crippen molar-refractivity contribution in [2.75, 3.05) is 6.61 Å². The molecule has 0 aliphatic heterocycles. The second-order valence-corrected chi connectivity index (χ2v) is 3.29. The van der Waals surface area contributed by atoms with Gasteiger partial charge in [0.05, 0.1) is 0 Å². The van der Waals surface area contributed by atoms with E-state index in [1.165, 1.54) is 0 Å². The van der Waals surface area contributed by atoms with Gasteiger partial charge in [-0.15, -0.1) is 0 Å². The number of allylic oxidation sites excluding steroid dienone is 2. The van der Waals surface area contributed by atoms with Crippen LogP contribution in [0.4, 0.5) is 0 Å². The SMILES string of the molecule is CC=C(C)C(=O)OCC=CC#CC#CCCC. The minimum absolute atomic E-state index is 0.237. The highest BCUT2D eigenvalue weighted by Gasteiger charge is 2.01. The number of hydrogen-bond acceptors (Lipinski definition) is 2. The normalized spacial score (nSPS) is 10.2. The summed E-state index contributed by atoms with van der Waals surface area (Å²) in [5.74, 6) is 10.8. The van der Waals surface area contributed by atoms with Gasteiger partial charge in [0, 0.05) is 12.0 Å². The van der Waals surface area contributed by atoms with Crippen molar-refractivity contribution in [3.05, 3.63) is 23.8 Å². The molecule has 2 nitrogen and oxygen atoms in total. The Morgan fingerprint density at radius 1 is 1.35 bits per heavy atom. The lowest BCUT2D eigenvalue weighted by atomic mass is 10.3. The van der Waals surface area contributed by atoms with E-state index < -0.39 is 0 Å². The van der Waals surface area contributed by atoms with Crippen LogP contribution in [0.25, 0.3) is 0 Å². The van der Waals surface area contributed by atoms with Crippen LogP contribution in [0.15, 0.2) is 23.8 Å². The fourth-order valence-electron chi connectivity index (χ4n) is 0.772. The van der Waals surface area contributed by atoms with Crippen LogP contribution in [0, 0.1) is 23.7 Å². The first kappa shape index (κ1) is 15.1. The Kier molecular flexibility index (Phi) is 9.38. The van der Waals surface area contributed by atoms with Gasteiger partial charge in [0.1, 0.15) is 6.61 Å². The summed E-state index contributed by atoms with van der Waals surface area (Å²) in [7, 11) is 0. The summed E-state index contributed by atoms with van der Waals surface area (Å²) in [5.41, 5.74) is 0.606. The summed E-state index contributed by atoms with van der Waals surface area (Å²) >= 11 is 0. The molecule has 0 aliphatic rings. The van der Waals surface area contributed by atoms with Crippen LogP contribution in [-0.4, -0.2) is 12.6 Å². The molecule has 2 heteroatoms. The first-order valence-corrected chi connectivity index (χ1v) is 5.65. The van der Waals surface area contributed by atoms with Crippen molar-refractivity contribution >= 4 is 5.97 Å². The fraction of sp³-hybridized carbons (Fsp3) is 0.400. The molecule has 0 rings (SSSR count). The standard InChI is InChI=1S/C15H18O2/c1-4-6-7-8-9-10-11-12-13-17-15(16)14(3)5-2/h5,11-12H,4,6,13H2,1-3H3. The number of carbonyl (C=O) groups excluding carboxylic acids is 1. The van der Waals surface area contributed by atoms with Gasteiger partial charge in [0.2, 0.25) is 0 Å². The summed E-state index contributed by atoms with van der Waals surface area (Å²) in [6.45, 7) is 5.83. The Balaban J connectivity index is 3.84. The zero-order chi connectivity index (χ0) is 12.9. The Labute approximate surface area is 104 Å². The maximum Gasteiger partial charge on any atom is 0.333 e. The van der Waals surface area contributed by atoms with Crippen LogP contribution in [0.3, 0.4) is 0 Å². The molecule has 0 aromatic carbocycles. The molecule has 90 valence electrons. The molecule has 0 saturated carbocycles. The van der Waals surface area contributed by atoms with E-state index in [9.17, 15) is 4.79 Å². The highest BCUT2D eigenvalue weighted by Crippen LogP contribution is 1.95. The van der Waals surface area contributed by atoms with Crippen LogP contribution in [0.5, 0.6) is 0 Å². The monoisotopic (exact) mass is 230 g/mol. The molecule has 0 unspecified atom stereocenters. The second kappa shape index (κ2) is 10.6. The van der Waals surface area contributed by atoms with Crippen LogP contribution in [-0.2, 0) is 9.53 Å². The average molecular weight is 230 g/mol. The summed E-state index contributed by atoms with van der Waals surface area (Å²) in [6.07, 6.45) is 6.97. The van der Waals surface area contributed by atoms with E-state index in [4.69, 9.17) is 4.74 Å². The van der Waals surface area contributed by atoms with Crippen molar-refractivity contribution in [3.8, 4) is 23.7 Å². The van der Waals surface area contributed by atoms with Crippen molar-refractivity contribution in [3.63, 3.8) is 0 Å². The Hall–Kier alpha value is -1.93. The zero-order valence-electron chi connectivity index (χ0n) is 10.7. The summed E-state index contributed by atoms with van der Waals surface area (Å²) in [5, 5.41) is 0. The zero-order valence-corrected chi connectivity index (χ0v) is 10.7. The lowest BCUT2D eigenvalue weighted by Crippen LogP contribution is -2.05. The third kappa shape index (κ3) is 9.03. The maximum atomic E-state index is 11.2. The van der Waals surface area contributed by atoms with Crippen LogP contribution < -0.4 is 0 Å². The van der Waals surface area contributed by atoms with E-state index in [1.54, 1.807) is 32.1 Å². The fourth-order valence-corrected chi connectivity index (χ4v) is 0.772. The van der Waals surface area contributed by atoms with E-state index in [1.807, 2.05) is 0 Å². The number of ether oxygens (including phenoxy) is 1. The molecule has 0 heterocycles. The van der Waals surface area contributed by atoms with Crippen molar-refractivity contribution in [2.45, 2.75) is 33.6 Å². The Bertz CT molecular complexity index is 406. The highest BCUT2D eigenvalue weighted by atomic mass is 16.5. The minimum atomic E-state index is -0.298. The Morgan fingerprint density at radius 2 is 2.12 bits per heavy atom. The number of esters is 1. The van der Waals surface area contributed by atoms with Gasteiger partial charge in [-0.3, -0.25) is 0 Å². The molecule has 0 aliphatic carbocycles. The predicted octanol–water partition coefficient (Wildman–Crippen LogP) is 2.86. The van der Waals surface area contributed by atoms with Gasteiger partial charge in [-0.05, 0) is 44.3 Å². The molecular weight excluding hydrogens is 212 g/mol. The van der Waals surface area contributed by atoms with E-state index in [0.717, 1.165) is 12.8 Å². The molecule has 0 radical (unpaired) electrons. The highest BCUT2D eigenvalue weighted by molar-refractivity contribution is 5.87. The van der Waals surface area contributed by atoms with Gasteiger partial charge in [0.15, 0.2) is 0 Å². The second-order valence-electron chi connectivity index (χ2n) is 3.29. The van der Waals surface area contributed by atoms with E-state index in [-0.39, 0.29) is 12.6 Å². The number of carbonyl (C=O) groups is 1. The predicted molar refractivity (Wildman–Crippen MR) is 70.0 cm³/mol. The van der Waals surface area contributed by atoms with E-state index in [2.05, 4.69) is 30.6 Å². The van der Waals surface area contributed by atoms with Crippen molar-refractivity contribution in [2.24, 2.45) is 0 Å². The molecule has 0 fully saturated rings. The van der Waals surface area contributed by atoms with Gasteiger partial charge >= 0.3 is 5.97 Å². The number of rotatable bonds is 4. The maximum absolute atomic E-state index is 11.2. The van der Waals surface area contributed by atoms with Crippen LogP contribution in [0.2, 0.25) is 0 Å². The van der Waals surface area contributed by atoms with Crippen molar-refractivity contribution < 1.29 is 9.53 Å². The van der Waals surface area contributed by atoms with Crippen LogP contribution >= 0.6 is 0 Å². The molecule has 17 heavy (non-hydrogen) atoms. The smallest absolute Gasteiger partial charge is 0.333 e. The molecule has 0 N–H and O–H groups in total. The third-order valence-corrected chi connectivity index (χ3v) is 1.86. The summed E-state index contributed by atoms with van der Waals surface area (Å²) < 4.78 is 4.94. The van der Waals surface area contributed by atoms with Crippen molar-refractivity contribution in [1.82, 2.24) is 0 Å². The van der Waals surface area contributed by atoms with Gasteiger partial charge in [-0.2, -0.15) is 0 Å². The molecule has 0 aromatic heterocycles. The third-order valence-electron chi connectivity index (χ3n) is 1.86. The molecular formula is C15H18O2. The topological polar surface area (TPSA) is 26.3 Å². The van der Waals surface area contributed by atoms with E-state index >= 15 is 0 Å². The molecule has 0 amide bonds. The van der Waals surface area contributed by atoms with Gasteiger partial charge in [-0.25, -0.2) is 4.79 Å². The van der Waals surface area contributed by atoms with E-state index in [0.29, 0.717) is 5.57 Å². The molecule has 0 saturated heterocycles. The van der Waals surface area contributed by atoms with Gasteiger partial charge < -0.3 is 4.74 Å². The average Bonchev–Trinajstić information content (AvgIpc) is 2.35. The van der Waals surface area contributed by atoms with Gasteiger partial charge in [0.25, 0.3) is 0 Å². The molecule has 0 aromatic rings. The quantitative estimate of drug-likeness (QED) is 0.422. The van der Waals surface area contributed by atoms with Crippen LogP contribution in [0.1, 0.15) is 33.6 Å². The number of hydrogen-bond donors (Lipinski definition) is 0. The summed E-state index contributed by atoms with van der Waals surface area (Å²) in [6, 6.07) is 0. The lowest BCUT2D eigenvalue weighted by Gasteiger charge is -1.99. The van der Waals surface area contributed by atoms with Crippen molar-refractivity contribution in [1.29, 1.82) is 0 Å². The van der Waals surface area contributed by atoms with Gasteiger partial charge in [-0.1, -0.05) is 24.8 Å². The lowest BCUT2D eigenvalue weighted by molar-refractivity contribution is -0.137. The summed E-state index contributed by atoms with van der Waals surface area (Å²) in [4.78, 5) is 11.2. The molecule has 0 spiro atoms.